The summed E-state index contributed by atoms with van der Waals surface area (Å²) < 4.78 is 5.70. The summed E-state index contributed by atoms with van der Waals surface area (Å²) in [6.45, 7) is 2.42. The maximum Gasteiger partial charge on any atom is 0.243 e. The topological polar surface area (TPSA) is 67.4 Å². The highest BCUT2D eigenvalue weighted by Crippen LogP contribution is 2.17. The molecule has 2 aromatic carbocycles. The van der Waals surface area contributed by atoms with Crippen LogP contribution in [0.3, 0.4) is 0 Å². The molecule has 0 saturated heterocycles. The fourth-order valence-corrected chi connectivity index (χ4v) is 2.32. The minimum atomic E-state index is -0.260. The fraction of sp³-hybridized carbons (Fsp3) is 0.300. The van der Waals surface area contributed by atoms with Gasteiger partial charge in [-0.1, -0.05) is 37.1 Å². The Morgan fingerprint density at radius 2 is 1.69 bits per heavy atom. The number of amides is 2. The monoisotopic (exact) mass is 374 g/mol. The van der Waals surface area contributed by atoms with Gasteiger partial charge in [-0.3, -0.25) is 9.59 Å². The predicted molar refractivity (Wildman–Crippen MR) is 103 cm³/mol. The maximum atomic E-state index is 11.8. The first-order chi connectivity index (χ1) is 12.6. The number of carbonyl (C=O) groups excluding carboxylic acids is 2. The molecule has 0 atom stereocenters. The van der Waals surface area contributed by atoms with Gasteiger partial charge in [0.25, 0.3) is 0 Å². The normalized spacial score (nSPS) is 10.2. The zero-order valence-electron chi connectivity index (χ0n) is 14.8. The highest BCUT2D eigenvalue weighted by Gasteiger charge is 2.06. The molecule has 26 heavy (non-hydrogen) atoms. The molecule has 0 bridgehead atoms. The third-order valence-electron chi connectivity index (χ3n) is 3.66. The molecule has 0 spiro atoms. The first kappa shape index (κ1) is 19.8. The van der Waals surface area contributed by atoms with Crippen molar-refractivity contribution >= 4 is 29.1 Å². The van der Waals surface area contributed by atoms with Crippen LogP contribution in [0.2, 0.25) is 5.02 Å². The molecular weight excluding hydrogens is 352 g/mol. The van der Waals surface area contributed by atoms with Gasteiger partial charge in [-0.2, -0.15) is 0 Å². The van der Waals surface area contributed by atoms with Crippen molar-refractivity contribution in [2.75, 3.05) is 11.9 Å². The molecule has 0 radical (unpaired) electrons. The van der Waals surface area contributed by atoms with Crippen LogP contribution in [-0.4, -0.2) is 18.4 Å². The lowest BCUT2D eigenvalue weighted by molar-refractivity contribution is -0.124. The highest BCUT2D eigenvalue weighted by atomic mass is 35.5. The minimum absolute atomic E-state index is 0.0304. The predicted octanol–water partition coefficient (Wildman–Crippen LogP) is 4.16. The van der Waals surface area contributed by atoms with Gasteiger partial charge in [0.1, 0.15) is 12.4 Å². The second-order valence-electron chi connectivity index (χ2n) is 5.87. The number of rotatable bonds is 9. The Kier molecular flexibility index (Phi) is 7.96. The molecule has 0 aromatic heterocycles. The van der Waals surface area contributed by atoms with E-state index in [1.54, 1.807) is 24.3 Å². The fourth-order valence-electron chi connectivity index (χ4n) is 2.19. The first-order valence-electron chi connectivity index (χ1n) is 8.60. The van der Waals surface area contributed by atoms with Gasteiger partial charge in [-0.25, -0.2) is 0 Å². The van der Waals surface area contributed by atoms with E-state index in [0.29, 0.717) is 29.5 Å². The van der Waals surface area contributed by atoms with E-state index >= 15 is 0 Å². The van der Waals surface area contributed by atoms with Crippen molar-refractivity contribution in [1.29, 1.82) is 0 Å². The van der Waals surface area contributed by atoms with Crippen molar-refractivity contribution in [3.05, 3.63) is 59.1 Å². The summed E-state index contributed by atoms with van der Waals surface area (Å²) in [6.07, 6.45) is 2.22. The Morgan fingerprint density at radius 3 is 2.35 bits per heavy atom. The van der Waals surface area contributed by atoms with E-state index < -0.39 is 0 Å². The van der Waals surface area contributed by atoms with E-state index in [-0.39, 0.29) is 18.4 Å². The van der Waals surface area contributed by atoms with Crippen molar-refractivity contribution in [2.24, 2.45) is 0 Å². The highest BCUT2D eigenvalue weighted by molar-refractivity contribution is 6.30. The number of hydrogen-bond donors (Lipinski definition) is 2. The van der Waals surface area contributed by atoms with Gasteiger partial charge in [0.2, 0.25) is 11.8 Å². The van der Waals surface area contributed by atoms with Crippen molar-refractivity contribution in [2.45, 2.75) is 32.8 Å². The Labute approximate surface area is 158 Å². The molecule has 0 aliphatic carbocycles. The summed E-state index contributed by atoms with van der Waals surface area (Å²) in [6, 6.07) is 14.5. The van der Waals surface area contributed by atoms with Crippen LogP contribution in [0.15, 0.2) is 48.5 Å². The number of anilines is 1. The maximum absolute atomic E-state index is 11.8. The van der Waals surface area contributed by atoms with E-state index in [4.69, 9.17) is 16.3 Å². The first-order valence-corrected chi connectivity index (χ1v) is 8.98. The van der Waals surface area contributed by atoms with Crippen LogP contribution < -0.4 is 15.4 Å². The third kappa shape index (κ3) is 7.15. The number of unbranched alkanes of at least 4 members (excludes halogenated alkanes) is 1. The Morgan fingerprint density at radius 1 is 1.00 bits per heavy atom. The molecular formula is C20H23ClN2O3. The van der Waals surface area contributed by atoms with E-state index in [2.05, 4.69) is 10.6 Å². The lowest BCUT2D eigenvalue weighted by atomic mass is 10.2. The van der Waals surface area contributed by atoms with Crippen molar-refractivity contribution < 1.29 is 14.3 Å². The number of carbonyl (C=O) groups is 2. The molecule has 0 aliphatic rings. The van der Waals surface area contributed by atoms with Crippen LogP contribution in [0.25, 0.3) is 0 Å². The Hall–Kier alpha value is -2.53. The zero-order chi connectivity index (χ0) is 18.8. The number of ether oxygens (including phenoxy) is 1. The van der Waals surface area contributed by atoms with Gasteiger partial charge in [0, 0.05) is 17.1 Å². The van der Waals surface area contributed by atoms with Gasteiger partial charge in [-0.05, 0) is 48.4 Å². The summed E-state index contributed by atoms with van der Waals surface area (Å²) in [4.78, 5) is 23.3. The Balaban J connectivity index is 1.75. The van der Waals surface area contributed by atoms with Crippen LogP contribution in [-0.2, 0) is 16.2 Å². The average Bonchev–Trinajstić information content (AvgIpc) is 2.65. The van der Waals surface area contributed by atoms with Gasteiger partial charge >= 0.3 is 0 Å². The summed E-state index contributed by atoms with van der Waals surface area (Å²) in [5.41, 5.74) is 1.67. The quantitative estimate of drug-likeness (QED) is 0.692. The Bertz CT molecular complexity index is 715. The van der Waals surface area contributed by atoms with Crippen molar-refractivity contribution in [3.8, 4) is 5.75 Å². The van der Waals surface area contributed by atoms with Crippen LogP contribution in [0.4, 0.5) is 5.69 Å². The smallest absolute Gasteiger partial charge is 0.243 e. The lowest BCUT2D eigenvalue weighted by Gasteiger charge is -2.09. The van der Waals surface area contributed by atoms with Crippen LogP contribution in [0.5, 0.6) is 5.75 Å². The molecule has 138 valence electrons. The molecule has 5 nitrogen and oxygen atoms in total. The van der Waals surface area contributed by atoms with Gasteiger partial charge in [0.05, 0.1) is 6.54 Å². The van der Waals surface area contributed by atoms with Crippen molar-refractivity contribution in [1.82, 2.24) is 5.32 Å². The SMILES string of the molecule is CCCCC(=O)NCC(=O)Nc1ccc(OCc2ccc(Cl)cc2)cc1. The summed E-state index contributed by atoms with van der Waals surface area (Å²) in [7, 11) is 0. The standard InChI is InChI=1S/C20H23ClN2O3/c1-2-3-4-19(24)22-13-20(25)23-17-9-11-18(12-10-17)26-14-15-5-7-16(21)8-6-15/h5-12H,2-4,13-14H2,1H3,(H,22,24)(H,23,25). The molecule has 0 heterocycles. The zero-order valence-corrected chi connectivity index (χ0v) is 15.5. The average molecular weight is 375 g/mol. The van der Waals surface area contributed by atoms with Gasteiger partial charge in [-0.15, -0.1) is 0 Å². The van der Waals surface area contributed by atoms with Crippen molar-refractivity contribution in [3.63, 3.8) is 0 Å². The molecule has 0 saturated carbocycles. The van der Waals surface area contributed by atoms with Crippen LogP contribution in [0.1, 0.15) is 31.7 Å². The molecule has 2 rings (SSSR count). The summed E-state index contributed by atoms with van der Waals surface area (Å²) >= 11 is 5.85. The molecule has 0 unspecified atom stereocenters. The lowest BCUT2D eigenvalue weighted by Crippen LogP contribution is -2.32. The minimum Gasteiger partial charge on any atom is -0.489 e. The number of hydrogen-bond acceptors (Lipinski definition) is 3. The second-order valence-corrected chi connectivity index (χ2v) is 6.30. The summed E-state index contributed by atoms with van der Waals surface area (Å²) in [5.74, 6) is 0.337. The van der Waals surface area contributed by atoms with Gasteiger partial charge < -0.3 is 15.4 Å². The summed E-state index contributed by atoms with van der Waals surface area (Å²) in [5, 5.41) is 6.03. The largest absolute Gasteiger partial charge is 0.489 e. The second kappa shape index (κ2) is 10.5. The molecule has 2 aromatic rings. The van der Waals surface area contributed by atoms with E-state index in [1.807, 2.05) is 31.2 Å². The number of nitrogens with one attached hydrogen (secondary N) is 2. The molecule has 2 amide bonds. The molecule has 2 N–H and O–H groups in total. The number of halogens is 1. The molecule has 6 heteroatoms. The van der Waals surface area contributed by atoms with Crippen LogP contribution in [0, 0.1) is 0 Å². The molecule has 0 aliphatic heterocycles. The van der Waals surface area contributed by atoms with Crippen LogP contribution >= 0.6 is 11.6 Å². The molecule has 0 fully saturated rings. The van der Waals surface area contributed by atoms with E-state index in [0.717, 1.165) is 18.4 Å². The van der Waals surface area contributed by atoms with E-state index in [1.165, 1.54) is 0 Å². The van der Waals surface area contributed by atoms with E-state index in [9.17, 15) is 9.59 Å². The number of benzene rings is 2. The van der Waals surface area contributed by atoms with Gasteiger partial charge in [0.15, 0.2) is 0 Å². The third-order valence-corrected chi connectivity index (χ3v) is 3.91.